The smallest absolute Gasteiger partial charge is 0.254 e. The van der Waals surface area contributed by atoms with Crippen LogP contribution in [0.5, 0.6) is 5.75 Å². The number of methoxy groups -OCH3 is 1. The third-order valence-corrected chi connectivity index (χ3v) is 4.90. The standard InChI is InChI=1S/C14H20N2O5S/c1-15-14(17)12-8-11(5-6-13(12)20-2)22(18,19)16-9-10-4-3-7-21-10/h5-6,8,10,16H,3-4,7,9H2,1-2H3,(H,15,17). The maximum atomic E-state index is 12.3. The van der Waals surface area contributed by atoms with Crippen molar-refractivity contribution in [2.24, 2.45) is 0 Å². The fourth-order valence-electron chi connectivity index (χ4n) is 2.26. The lowest BCUT2D eigenvalue weighted by Gasteiger charge is -2.13. The number of ether oxygens (including phenoxy) is 2. The molecule has 1 aromatic rings. The van der Waals surface area contributed by atoms with Gasteiger partial charge >= 0.3 is 0 Å². The summed E-state index contributed by atoms with van der Waals surface area (Å²) in [5, 5.41) is 2.46. The molecule has 1 unspecified atom stereocenters. The zero-order valence-electron chi connectivity index (χ0n) is 12.6. The Labute approximate surface area is 130 Å². The Hall–Kier alpha value is -1.64. The van der Waals surface area contributed by atoms with Crippen LogP contribution in [-0.2, 0) is 14.8 Å². The molecule has 0 saturated carbocycles. The highest BCUT2D eigenvalue weighted by atomic mass is 32.2. The van der Waals surface area contributed by atoms with Crippen LogP contribution in [0, 0.1) is 0 Å². The van der Waals surface area contributed by atoms with Gasteiger partial charge in [0.25, 0.3) is 5.91 Å². The van der Waals surface area contributed by atoms with Crippen molar-refractivity contribution in [2.45, 2.75) is 23.8 Å². The largest absolute Gasteiger partial charge is 0.496 e. The quantitative estimate of drug-likeness (QED) is 0.794. The molecule has 0 radical (unpaired) electrons. The highest BCUT2D eigenvalue weighted by Crippen LogP contribution is 2.22. The van der Waals surface area contributed by atoms with Crippen LogP contribution in [0.2, 0.25) is 0 Å². The zero-order chi connectivity index (χ0) is 16.2. The van der Waals surface area contributed by atoms with E-state index in [2.05, 4.69) is 10.0 Å². The number of carbonyl (C=O) groups excluding carboxylic acids is 1. The van der Waals surface area contributed by atoms with Crippen molar-refractivity contribution in [3.63, 3.8) is 0 Å². The molecule has 122 valence electrons. The van der Waals surface area contributed by atoms with Gasteiger partial charge in [-0.15, -0.1) is 0 Å². The molecule has 1 fully saturated rings. The van der Waals surface area contributed by atoms with Crippen molar-refractivity contribution < 1.29 is 22.7 Å². The van der Waals surface area contributed by atoms with Crippen LogP contribution in [0.4, 0.5) is 0 Å². The van der Waals surface area contributed by atoms with E-state index in [0.29, 0.717) is 12.4 Å². The molecule has 1 heterocycles. The molecule has 1 aliphatic rings. The minimum absolute atomic E-state index is 0.0184. The van der Waals surface area contributed by atoms with E-state index in [9.17, 15) is 13.2 Å². The van der Waals surface area contributed by atoms with Crippen LogP contribution < -0.4 is 14.8 Å². The van der Waals surface area contributed by atoms with Gasteiger partial charge in [0.05, 0.1) is 23.7 Å². The normalized spacial score (nSPS) is 18.2. The van der Waals surface area contributed by atoms with Gasteiger partial charge < -0.3 is 14.8 Å². The van der Waals surface area contributed by atoms with Gasteiger partial charge in [-0.25, -0.2) is 13.1 Å². The first kappa shape index (κ1) is 16.7. The molecule has 1 amide bonds. The second kappa shape index (κ2) is 7.08. The number of hydrogen-bond acceptors (Lipinski definition) is 5. The summed E-state index contributed by atoms with van der Waals surface area (Å²) in [6, 6.07) is 4.17. The third kappa shape index (κ3) is 3.76. The van der Waals surface area contributed by atoms with Crippen molar-refractivity contribution in [1.29, 1.82) is 0 Å². The lowest BCUT2D eigenvalue weighted by Crippen LogP contribution is -2.32. The molecular formula is C14H20N2O5S. The SMILES string of the molecule is CNC(=O)c1cc(S(=O)(=O)NCC2CCCO2)ccc1OC. The monoisotopic (exact) mass is 328 g/mol. The average Bonchev–Trinajstić information content (AvgIpc) is 3.05. The number of benzene rings is 1. The van der Waals surface area contributed by atoms with Gasteiger partial charge in [0.15, 0.2) is 0 Å². The highest BCUT2D eigenvalue weighted by molar-refractivity contribution is 7.89. The molecular weight excluding hydrogens is 308 g/mol. The zero-order valence-corrected chi connectivity index (χ0v) is 13.4. The molecule has 1 atom stereocenters. The van der Waals surface area contributed by atoms with Gasteiger partial charge in [-0.1, -0.05) is 0 Å². The Morgan fingerprint density at radius 2 is 2.23 bits per heavy atom. The van der Waals surface area contributed by atoms with E-state index >= 15 is 0 Å². The fourth-order valence-corrected chi connectivity index (χ4v) is 3.35. The maximum absolute atomic E-state index is 12.3. The Balaban J connectivity index is 2.20. The minimum Gasteiger partial charge on any atom is -0.496 e. The van der Waals surface area contributed by atoms with Crippen LogP contribution in [0.1, 0.15) is 23.2 Å². The lowest BCUT2D eigenvalue weighted by molar-refractivity contribution is 0.0959. The van der Waals surface area contributed by atoms with Gasteiger partial charge in [0.2, 0.25) is 10.0 Å². The summed E-state index contributed by atoms with van der Waals surface area (Å²) in [4.78, 5) is 11.8. The van der Waals surface area contributed by atoms with Gasteiger partial charge in [-0.3, -0.25) is 4.79 Å². The summed E-state index contributed by atoms with van der Waals surface area (Å²) in [7, 11) is -0.809. The summed E-state index contributed by atoms with van der Waals surface area (Å²) < 4.78 is 37.6. The molecule has 0 spiro atoms. The Morgan fingerprint density at radius 3 is 2.82 bits per heavy atom. The Bertz CT molecular complexity index is 639. The van der Waals surface area contributed by atoms with Gasteiger partial charge in [-0.05, 0) is 31.0 Å². The van der Waals surface area contributed by atoms with Crippen molar-refractivity contribution in [3.8, 4) is 5.75 Å². The summed E-state index contributed by atoms with van der Waals surface area (Å²) in [5.74, 6) is -0.0922. The van der Waals surface area contributed by atoms with Crippen LogP contribution >= 0.6 is 0 Å². The molecule has 2 N–H and O–H groups in total. The molecule has 1 aliphatic heterocycles. The van der Waals surface area contributed by atoms with E-state index < -0.39 is 15.9 Å². The van der Waals surface area contributed by atoms with E-state index in [4.69, 9.17) is 9.47 Å². The van der Waals surface area contributed by atoms with Gasteiger partial charge in [-0.2, -0.15) is 0 Å². The number of sulfonamides is 1. The number of rotatable bonds is 6. The number of nitrogens with one attached hydrogen (secondary N) is 2. The van der Waals surface area contributed by atoms with Crippen LogP contribution in [0.15, 0.2) is 23.1 Å². The van der Waals surface area contributed by atoms with Crippen LogP contribution in [-0.4, -0.2) is 47.7 Å². The lowest BCUT2D eigenvalue weighted by atomic mass is 10.2. The second-order valence-corrected chi connectivity index (χ2v) is 6.70. The third-order valence-electron chi connectivity index (χ3n) is 3.48. The molecule has 7 nitrogen and oxygen atoms in total. The first-order valence-electron chi connectivity index (χ1n) is 6.99. The highest BCUT2D eigenvalue weighted by Gasteiger charge is 2.22. The molecule has 1 saturated heterocycles. The number of carbonyl (C=O) groups is 1. The molecule has 22 heavy (non-hydrogen) atoms. The van der Waals surface area contributed by atoms with Crippen LogP contribution in [0.3, 0.4) is 0 Å². The second-order valence-electron chi connectivity index (χ2n) is 4.93. The fraction of sp³-hybridized carbons (Fsp3) is 0.500. The maximum Gasteiger partial charge on any atom is 0.254 e. The first-order chi connectivity index (χ1) is 10.5. The Kier molecular flexibility index (Phi) is 5.38. The van der Waals surface area contributed by atoms with Crippen molar-refractivity contribution >= 4 is 15.9 Å². The van der Waals surface area contributed by atoms with E-state index in [1.165, 1.54) is 32.4 Å². The predicted octanol–water partition coefficient (Wildman–Crippen LogP) is 0.512. The predicted molar refractivity (Wildman–Crippen MR) is 80.5 cm³/mol. The number of amides is 1. The topological polar surface area (TPSA) is 93.7 Å². The summed E-state index contributed by atoms with van der Waals surface area (Å²) in [6.45, 7) is 0.888. The summed E-state index contributed by atoms with van der Waals surface area (Å²) in [5.41, 5.74) is 0.171. The molecule has 0 aliphatic carbocycles. The molecule has 0 aromatic heterocycles. The summed E-state index contributed by atoms with van der Waals surface area (Å²) >= 11 is 0. The van der Waals surface area contributed by atoms with Crippen LogP contribution in [0.25, 0.3) is 0 Å². The van der Waals surface area contributed by atoms with E-state index in [0.717, 1.165) is 12.8 Å². The number of hydrogen-bond donors (Lipinski definition) is 2. The average molecular weight is 328 g/mol. The van der Waals surface area contributed by atoms with Gasteiger partial charge in [0, 0.05) is 20.2 Å². The van der Waals surface area contributed by atoms with E-state index in [-0.39, 0.29) is 23.1 Å². The molecule has 0 bridgehead atoms. The molecule has 1 aromatic carbocycles. The van der Waals surface area contributed by atoms with Crippen molar-refractivity contribution in [3.05, 3.63) is 23.8 Å². The molecule has 8 heteroatoms. The van der Waals surface area contributed by atoms with E-state index in [1.807, 2.05) is 0 Å². The molecule has 2 rings (SSSR count). The van der Waals surface area contributed by atoms with Gasteiger partial charge in [0.1, 0.15) is 5.75 Å². The van der Waals surface area contributed by atoms with E-state index in [1.54, 1.807) is 0 Å². The van der Waals surface area contributed by atoms with Crippen molar-refractivity contribution in [2.75, 3.05) is 27.3 Å². The first-order valence-corrected chi connectivity index (χ1v) is 8.47. The Morgan fingerprint density at radius 1 is 1.45 bits per heavy atom. The summed E-state index contributed by atoms with van der Waals surface area (Å²) in [6.07, 6.45) is 1.69. The minimum atomic E-state index is -3.70. The van der Waals surface area contributed by atoms with Crippen molar-refractivity contribution in [1.82, 2.24) is 10.0 Å².